The van der Waals surface area contributed by atoms with Crippen LogP contribution in [-0.2, 0) is 26.4 Å². The Morgan fingerprint density at radius 2 is 1.81 bits per heavy atom. The van der Waals surface area contributed by atoms with Crippen molar-refractivity contribution < 1.29 is 16.8 Å². The van der Waals surface area contributed by atoms with E-state index in [0.717, 1.165) is 10.6 Å². The summed E-state index contributed by atoms with van der Waals surface area (Å²) in [6, 6.07) is 0. The molecule has 1 rings (SSSR count). The van der Waals surface area contributed by atoms with Crippen molar-refractivity contribution in [2.75, 3.05) is 31.5 Å². The van der Waals surface area contributed by atoms with Crippen molar-refractivity contribution in [3.05, 3.63) is 11.4 Å². The van der Waals surface area contributed by atoms with E-state index >= 15 is 0 Å². The molecule has 0 spiro atoms. The SMILES string of the molecule is Cc1nn(CCCl)c(C)c1S(=O)(=O)N(C)CCS(C)(=O)=O. The van der Waals surface area contributed by atoms with Crippen LogP contribution in [0.2, 0.25) is 0 Å². The van der Waals surface area contributed by atoms with Crippen LogP contribution >= 0.6 is 11.6 Å². The summed E-state index contributed by atoms with van der Waals surface area (Å²) in [5, 5.41) is 4.17. The van der Waals surface area contributed by atoms with Crippen LogP contribution in [0.25, 0.3) is 0 Å². The summed E-state index contributed by atoms with van der Waals surface area (Å²) < 4.78 is 50.0. The largest absolute Gasteiger partial charge is 0.267 e. The number of sulfonamides is 1. The van der Waals surface area contributed by atoms with Crippen LogP contribution in [-0.4, -0.2) is 62.4 Å². The highest BCUT2D eigenvalue weighted by molar-refractivity contribution is 7.91. The Bertz CT molecular complexity index is 710. The second-order valence-corrected chi connectivity index (χ2v) is 9.49. The molecule has 0 N–H and O–H groups in total. The van der Waals surface area contributed by atoms with Crippen LogP contribution in [0.5, 0.6) is 0 Å². The Kier molecular flexibility index (Phi) is 5.82. The minimum Gasteiger partial charge on any atom is -0.267 e. The molecule has 0 saturated heterocycles. The van der Waals surface area contributed by atoms with E-state index in [9.17, 15) is 16.8 Å². The number of sulfone groups is 1. The Hall–Kier alpha value is -0.640. The van der Waals surface area contributed by atoms with Crippen LogP contribution in [0.15, 0.2) is 4.90 Å². The molecule has 0 fully saturated rings. The molecule has 7 nitrogen and oxygen atoms in total. The van der Waals surface area contributed by atoms with E-state index in [1.165, 1.54) is 7.05 Å². The fourth-order valence-electron chi connectivity index (χ4n) is 1.92. The van der Waals surface area contributed by atoms with Gasteiger partial charge in [-0.1, -0.05) is 0 Å². The van der Waals surface area contributed by atoms with E-state index in [-0.39, 0.29) is 17.2 Å². The first-order chi connectivity index (χ1) is 9.50. The number of rotatable bonds is 7. The van der Waals surface area contributed by atoms with Crippen LogP contribution in [0.4, 0.5) is 0 Å². The summed E-state index contributed by atoms with van der Waals surface area (Å²) in [7, 11) is -5.65. The van der Waals surface area contributed by atoms with E-state index in [0.29, 0.717) is 23.8 Å². The number of aryl methyl sites for hydroxylation is 2. The van der Waals surface area contributed by atoms with E-state index in [1.807, 2.05) is 0 Å². The summed E-state index contributed by atoms with van der Waals surface area (Å²) >= 11 is 5.66. The van der Waals surface area contributed by atoms with Gasteiger partial charge in [0.25, 0.3) is 0 Å². The quantitative estimate of drug-likeness (QED) is 0.659. The Morgan fingerprint density at radius 3 is 2.29 bits per heavy atom. The molecule has 1 aromatic rings. The van der Waals surface area contributed by atoms with Gasteiger partial charge < -0.3 is 0 Å². The smallest absolute Gasteiger partial charge is 0.246 e. The minimum atomic E-state index is -3.78. The zero-order chi connectivity index (χ0) is 16.4. The fourth-order valence-corrected chi connectivity index (χ4v) is 4.34. The van der Waals surface area contributed by atoms with E-state index in [1.54, 1.807) is 18.5 Å². The maximum atomic E-state index is 12.6. The molecule has 0 aliphatic rings. The van der Waals surface area contributed by atoms with Gasteiger partial charge in [-0.3, -0.25) is 4.68 Å². The summed E-state index contributed by atoms with van der Waals surface area (Å²) in [6.07, 6.45) is 1.07. The summed E-state index contributed by atoms with van der Waals surface area (Å²) in [4.78, 5) is 0.114. The van der Waals surface area contributed by atoms with Crippen molar-refractivity contribution in [3.63, 3.8) is 0 Å². The maximum Gasteiger partial charge on any atom is 0.246 e. The number of aromatic nitrogens is 2. The molecule has 122 valence electrons. The fraction of sp³-hybridized carbons (Fsp3) is 0.727. The molecular weight excluding hydrogens is 338 g/mol. The second-order valence-electron chi connectivity index (χ2n) is 4.87. The third-order valence-corrected chi connectivity index (χ3v) is 6.26. The van der Waals surface area contributed by atoms with Crippen molar-refractivity contribution in [1.82, 2.24) is 14.1 Å². The number of alkyl halides is 1. The molecule has 0 aromatic carbocycles. The van der Waals surface area contributed by atoms with Crippen molar-refractivity contribution in [2.45, 2.75) is 25.3 Å². The van der Waals surface area contributed by atoms with Gasteiger partial charge in [-0.05, 0) is 13.8 Å². The third-order valence-electron chi connectivity index (χ3n) is 3.06. The second kappa shape index (κ2) is 6.64. The Morgan fingerprint density at radius 1 is 1.24 bits per heavy atom. The first-order valence-electron chi connectivity index (χ1n) is 6.24. The molecule has 1 aromatic heterocycles. The lowest BCUT2D eigenvalue weighted by Crippen LogP contribution is -2.32. The van der Waals surface area contributed by atoms with E-state index in [2.05, 4.69) is 5.10 Å². The van der Waals surface area contributed by atoms with Gasteiger partial charge in [-0.2, -0.15) is 9.40 Å². The predicted octanol–water partition coefficient (Wildman–Crippen LogP) is 0.404. The van der Waals surface area contributed by atoms with Gasteiger partial charge in [0.05, 0.1) is 23.7 Å². The highest BCUT2D eigenvalue weighted by Crippen LogP contribution is 2.22. The molecule has 1 heterocycles. The van der Waals surface area contributed by atoms with Crippen LogP contribution < -0.4 is 0 Å². The zero-order valence-electron chi connectivity index (χ0n) is 12.5. The molecule has 0 radical (unpaired) electrons. The van der Waals surface area contributed by atoms with E-state index in [4.69, 9.17) is 11.6 Å². The van der Waals surface area contributed by atoms with Crippen molar-refractivity contribution in [2.24, 2.45) is 0 Å². The standard InChI is InChI=1S/C11H20ClN3O4S2/c1-9-11(10(2)15(13-9)6-5-12)21(18,19)14(3)7-8-20(4,16)17/h5-8H2,1-4H3. The van der Waals surface area contributed by atoms with Gasteiger partial charge in [0, 0.05) is 25.7 Å². The molecule has 0 atom stereocenters. The Labute approximate surface area is 130 Å². The highest BCUT2D eigenvalue weighted by Gasteiger charge is 2.28. The van der Waals surface area contributed by atoms with Gasteiger partial charge in [-0.15, -0.1) is 11.6 Å². The normalized spacial score (nSPS) is 13.0. The van der Waals surface area contributed by atoms with Gasteiger partial charge in [0.15, 0.2) is 0 Å². The van der Waals surface area contributed by atoms with Crippen molar-refractivity contribution in [3.8, 4) is 0 Å². The lowest BCUT2D eigenvalue weighted by atomic mass is 10.4. The molecular formula is C11H20ClN3O4S2. The van der Waals surface area contributed by atoms with Gasteiger partial charge in [-0.25, -0.2) is 16.8 Å². The van der Waals surface area contributed by atoms with Crippen LogP contribution in [0.3, 0.4) is 0 Å². The average Bonchev–Trinajstić information content (AvgIpc) is 2.61. The van der Waals surface area contributed by atoms with E-state index < -0.39 is 19.9 Å². The molecule has 0 unspecified atom stereocenters. The minimum absolute atomic E-state index is 0.0965. The first kappa shape index (κ1) is 18.4. The molecule has 10 heteroatoms. The highest BCUT2D eigenvalue weighted by atomic mass is 35.5. The lowest BCUT2D eigenvalue weighted by molar-refractivity contribution is 0.483. The zero-order valence-corrected chi connectivity index (χ0v) is 14.9. The molecule has 0 amide bonds. The van der Waals surface area contributed by atoms with Crippen molar-refractivity contribution in [1.29, 1.82) is 0 Å². The topological polar surface area (TPSA) is 89.3 Å². The van der Waals surface area contributed by atoms with Crippen molar-refractivity contribution >= 4 is 31.5 Å². The summed E-state index contributed by atoms with van der Waals surface area (Å²) in [6.45, 7) is 3.58. The van der Waals surface area contributed by atoms with Gasteiger partial charge in [0.2, 0.25) is 10.0 Å². The third kappa shape index (κ3) is 4.41. The number of halogens is 1. The molecule has 21 heavy (non-hydrogen) atoms. The average molecular weight is 358 g/mol. The van der Waals surface area contributed by atoms with Crippen LogP contribution in [0.1, 0.15) is 11.4 Å². The monoisotopic (exact) mass is 357 g/mol. The summed E-state index contributed by atoms with van der Waals surface area (Å²) in [5.74, 6) is 0.0992. The lowest BCUT2D eigenvalue weighted by Gasteiger charge is -2.17. The molecule has 0 aliphatic heterocycles. The van der Waals surface area contributed by atoms with Gasteiger partial charge >= 0.3 is 0 Å². The maximum absolute atomic E-state index is 12.6. The molecule has 0 saturated carbocycles. The number of hydrogen-bond acceptors (Lipinski definition) is 5. The summed E-state index contributed by atoms with van der Waals surface area (Å²) in [5.41, 5.74) is 0.878. The molecule has 0 aliphatic carbocycles. The first-order valence-corrected chi connectivity index (χ1v) is 10.3. The number of hydrogen-bond donors (Lipinski definition) is 0. The molecule has 0 bridgehead atoms. The van der Waals surface area contributed by atoms with Gasteiger partial charge in [0.1, 0.15) is 14.7 Å². The van der Waals surface area contributed by atoms with Crippen LogP contribution in [0, 0.1) is 13.8 Å². The predicted molar refractivity (Wildman–Crippen MR) is 81.9 cm³/mol. The Balaban J connectivity index is 3.13. The number of nitrogens with zero attached hydrogens (tertiary/aromatic N) is 3.